The molecule has 108 valence electrons. The summed E-state index contributed by atoms with van der Waals surface area (Å²) in [5.74, 6) is -1.23. The van der Waals surface area contributed by atoms with Gasteiger partial charge >= 0.3 is 125 Å². The number of hydrogen-bond donors (Lipinski definition) is 3. The summed E-state index contributed by atoms with van der Waals surface area (Å²) in [4.78, 5) is 13.0. The van der Waals surface area contributed by atoms with E-state index in [1.54, 1.807) is 18.2 Å². The Labute approximate surface area is 125 Å². The zero-order chi connectivity index (χ0) is 15.0. The van der Waals surface area contributed by atoms with Crippen LogP contribution in [0.1, 0.15) is 10.5 Å². The topological polar surface area (TPSA) is 125 Å². The van der Waals surface area contributed by atoms with Crippen molar-refractivity contribution in [3.05, 3.63) is 36.2 Å². The van der Waals surface area contributed by atoms with E-state index in [1.165, 1.54) is 0 Å². The van der Waals surface area contributed by atoms with Gasteiger partial charge in [-0.1, -0.05) is 0 Å². The van der Waals surface area contributed by atoms with Crippen molar-refractivity contribution in [2.75, 3.05) is 4.72 Å². The second-order valence-corrected chi connectivity index (χ2v) is 6.89. The Hall–Kier alpha value is -2.16. The Kier molecular flexibility index (Phi) is 3.28. The molecule has 8 nitrogen and oxygen atoms in total. The second kappa shape index (κ2) is 4.99. The Morgan fingerprint density at radius 3 is 2.86 bits per heavy atom. The second-order valence-electron chi connectivity index (χ2n) is 4.10. The van der Waals surface area contributed by atoms with Crippen molar-refractivity contribution in [1.29, 1.82) is 0 Å². The van der Waals surface area contributed by atoms with Crippen LogP contribution in [-0.2, 0) is 10.0 Å². The number of aromatic amines is 1. The molecule has 0 atom stereocenters. The van der Waals surface area contributed by atoms with Crippen LogP contribution in [0.5, 0.6) is 0 Å². The normalized spacial score (nSPS) is 11.6. The first kappa shape index (κ1) is 13.8. The van der Waals surface area contributed by atoms with Gasteiger partial charge in [0.2, 0.25) is 0 Å². The molecular formula is C11H8N4O4SSe. The Bertz CT molecular complexity index is 931. The summed E-state index contributed by atoms with van der Waals surface area (Å²) in [6.45, 7) is 0. The number of aromatic nitrogens is 3. The van der Waals surface area contributed by atoms with Crippen LogP contribution in [0.4, 0.5) is 5.69 Å². The molecule has 21 heavy (non-hydrogen) atoms. The fraction of sp³-hybridized carbons (Fsp3) is 0. The molecule has 2 aromatic heterocycles. The molecular weight excluding hydrogens is 363 g/mol. The van der Waals surface area contributed by atoms with E-state index >= 15 is 0 Å². The summed E-state index contributed by atoms with van der Waals surface area (Å²) in [5.41, 5.74) is 1.29. The van der Waals surface area contributed by atoms with Crippen LogP contribution in [0.25, 0.3) is 11.0 Å². The number of benzene rings is 1. The number of carbonyl (C=O) groups is 1. The molecule has 3 aromatic rings. The number of fused-ring (bicyclic) bond motifs is 1. The van der Waals surface area contributed by atoms with Gasteiger partial charge in [0.15, 0.2) is 0 Å². The van der Waals surface area contributed by atoms with Crippen molar-refractivity contribution in [2.45, 2.75) is 4.90 Å². The Morgan fingerprint density at radius 1 is 1.33 bits per heavy atom. The summed E-state index contributed by atoms with van der Waals surface area (Å²) < 4.78 is 35.2. The van der Waals surface area contributed by atoms with E-state index < -0.39 is 16.0 Å². The summed E-state index contributed by atoms with van der Waals surface area (Å²) >= 11 is -0.269. The van der Waals surface area contributed by atoms with E-state index in [-0.39, 0.29) is 25.6 Å². The van der Waals surface area contributed by atoms with Crippen LogP contribution in [0, 0.1) is 0 Å². The first-order valence-corrected chi connectivity index (χ1v) is 8.65. The van der Waals surface area contributed by atoms with Gasteiger partial charge in [0.25, 0.3) is 0 Å². The minimum atomic E-state index is -3.89. The molecule has 0 bridgehead atoms. The molecule has 0 fully saturated rings. The predicted molar refractivity (Wildman–Crippen MR) is 75.0 cm³/mol. The molecule has 0 aliphatic rings. The van der Waals surface area contributed by atoms with Crippen molar-refractivity contribution in [3.63, 3.8) is 0 Å². The summed E-state index contributed by atoms with van der Waals surface area (Å²) in [5, 5.41) is 8.81. The molecule has 3 N–H and O–H groups in total. The van der Waals surface area contributed by atoms with Crippen LogP contribution >= 0.6 is 0 Å². The van der Waals surface area contributed by atoms with Crippen molar-refractivity contribution in [1.82, 2.24) is 12.9 Å². The zero-order valence-corrected chi connectivity index (χ0v) is 12.8. The van der Waals surface area contributed by atoms with Gasteiger partial charge in [0.1, 0.15) is 0 Å². The number of anilines is 1. The van der Waals surface area contributed by atoms with E-state index in [4.69, 9.17) is 5.11 Å². The number of sulfonamides is 1. The number of nitrogens with one attached hydrogen (secondary N) is 2. The van der Waals surface area contributed by atoms with Crippen LogP contribution in [0.2, 0.25) is 0 Å². The van der Waals surface area contributed by atoms with Gasteiger partial charge in [0, 0.05) is 0 Å². The van der Waals surface area contributed by atoms with E-state index in [1.807, 2.05) is 0 Å². The number of carboxylic acids is 1. The van der Waals surface area contributed by atoms with Crippen LogP contribution < -0.4 is 4.72 Å². The Balaban J connectivity index is 1.99. The van der Waals surface area contributed by atoms with Crippen molar-refractivity contribution in [3.8, 4) is 0 Å². The number of hydrogen-bond acceptors (Lipinski definition) is 5. The molecule has 10 heteroatoms. The predicted octanol–water partition coefficient (Wildman–Crippen LogP) is 0.514. The molecule has 2 heterocycles. The third-order valence-electron chi connectivity index (χ3n) is 2.73. The molecule has 0 saturated heterocycles. The van der Waals surface area contributed by atoms with E-state index in [0.29, 0.717) is 16.7 Å². The van der Waals surface area contributed by atoms with Gasteiger partial charge in [-0.2, -0.15) is 0 Å². The third-order valence-corrected chi connectivity index (χ3v) is 5.21. The molecule has 0 saturated carbocycles. The quantitative estimate of drug-likeness (QED) is 0.574. The first-order valence-electron chi connectivity index (χ1n) is 5.63. The number of nitrogens with zero attached hydrogens (tertiary/aromatic N) is 2. The van der Waals surface area contributed by atoms with E-state index in [0.717, 1.165) is 12.3 Å². The van der Waals surface area contributed by atoms with Gasteiger partial charge in [-0.05, 0) is 0 Å². The average molecular weight is 371 g/mol. The fourth-order valence-corrected chi connectivity index (χ4v) is 3.96. The summed E-state index contributed by atoms with van der Waals surface area (Å²) in [6.07, 6.45) is 1.13. The van der Waals surface area contributed by atoms with Crippen molar-refractivity contribution < 1.29 is 18.3 Å². The van der Waals surface area contributed by atoms with Crippen molar-refractivity contribution >= 4 is 47.7 Å². The molecule has 0 unspecified atom stereocenters. The maximum absolute atomic E-state index is 12.2. The number of aromatic carboxylic acids is 1. The van der Waals surface area contributed by atoms with Gasteiger partial charge in [0.05, 0.1) is 0 Å². The third kappa shape index (κ3) is 2.56. The SMILES string of the molecule is O=C(O)c1cc(S(=O)(=O)Nc2cccc3n[se]nc23)c[nH]1. The number of carboxylic acid groups (broad SMARTS) is 1. The first-order chi connectivity index (χ1) is 9.97. The van der Waals surface area contributed by atoms with Crippen molar-refractivity contribution in [2.24, 2.45) is 0 Å². The zero-order valence-electron chi connectivity index (χ0n) is 10.3. The average Bonchev–Trinajstić information content (AvgIpc) is 3.08. The molecule has 0 radical (unpaired) electrons. The molecule has 1 aromatic carbocycles. The van der Waals surface area contributed by atoms with Crippen LogP contribution in [0.3, 0.4) is 0 Å². The van der Waals surface area contributed by atoms with E-state index in [2.05, 4.69) is 17.7 Å². The maximum atomic E-state index is 12.2. The Morgan fingerprint density at radius 2 is 2.14 bits per heavy atom. The molecule has 0 aliphatic heterocycles. The van der Waals surface area contributed by atoms with Gasteiger partial charge < -0.3 is 0 Å². The van der Waals surface area contributed by atoms with Gasteiger partial charge in [-0.25, -0.2) is 0 Å². The molecule has 0 spiro atoms. The molecule has 0 amide bonds. The van der Waals surface area contributed by atoms with Crippen LogP contribution in [0.15, 0.2) is 35.4 Å². The summed E-state index contributed by atoms with van der Waals surface area (Å²) in [6, 6.07) is 6.07. The number of rotatable bonds is 4. The van der Waals surface area contributed by atoms with E-state index in [9.17, 15) is 13.2 Å². The molecule has 0 aliphatic carbocycles. The van der Waals surface area contributed by atoms with Gasteiger partial charge in [-0.3, -0.25) is 0 Å². The standard InChI is InChI=1S/C11H8N4O4SSe/c16-11(17)9-4-6(5-12-9)20(18,19)13-7-2-1-3-8-10(7)15-21-14-8/h1-5,12-13H,(H,16,17). The fourth-order valence-electron chi connectivity index (χ4n) is 1.75. The monoisotopic (exact) mass is 372 g/mol. The van der Waals surface area contributed by atoms with Crippen LogP contribution in [-0.4, -0.2) is 47.4 Å². The minimum absolute atomic E-state index is 0.155. The molecule has 3 rings (SSSR count). The summed E-state index contributed by atoms with van der Waals surface area (Å²) in [7, 11) is -3.89. The number of H-pyrrole nitrogens is 1. The van der Waals surface area contributed by atoms with Gasteiger partial charge in [-0.15, -0.1) is 0 Å².